The van der Waals surface area contributed by atoms with E-state index in [1.807, 2.05) is 6.92 Å². The number of carbonyl (C=O) groups is 2. The second-order valence-corrected chi connectivity index (χ2v) is 13.9. The van der Waals surface area contributed by atoms with Gasteiger partial charge in [0.1, 0.15) is 0 Å². The molecule has 2 aromatic rings. The van der Waals surface area contributed by atoms with E-state index in [1.54, 1.807) is 0 Å². The van der Waals surface area contributed by atoms with Gasteiger partial charge >= 0.3 is 0 Å². The Morgan fingerprint density at radius 2 is 1.83 bits per heavy atom. The number of halogens is 4. The van der Waals surface area contributed by atoms with Gasteiger partial charge in [-0.25, -0.2) is 21.6 Å². The van der Waals surface area contributed by atoms with Crippen LogP contribution in [-0.2, 0) is 19.4 Å². The van der Waals surface area contributed by atoms with Crippen LogP contribution in [0.5, 0.6) is 0 Å². The third-order valence-electron chi connectivity index (χ3n) is 8.78. The Morgan fingerprint density at radius 3 is 2.46 bits per heavy atom. The Kier molecular flexibility index (Phi) is 8.14. The van der Waals surface area contributed by atoms with Gasteiger partial charge in [0, 0.05) is 36.5 Å². The summed E-state index contributed by atoms with van der Waals surface area (Å²) >= 11 is 6.28. The van der Waals surface area contributed by atoms with Gasteiger partial charge in [-0.05, 0) is 61.6 Å². The quantitative estimate of drug-likeness (QED) is 0.404. The lowest BCUT2D eigenvalue weighted by Gasteiger charge is -2.43. The highest BCUT2D eigenvalue weighted by Crippen LogP contribution is 2.54. The van der Waals surface area contributed by atoms with Crippen LogP contribution in [-0.4, -0.2) is 55.9 Å². The van der Waals surface area contributed by atoms with Crippen LogP contribution >= 0.6 is 11.6 Å². The SMILES string of the molecule is C[C@H]1CC2C[C@@H](S(=O)(=O)c3cc(C(=O)Nc4cc(F)c(F)c(F)c4)ccc3Cl)C[C@H]1[C@@]2(O)CNC(=O)C1CCOC1. The monoisotopic (exact) mass is 614 g/mol. The van der Waals surface area contributed by atoms with Crippen molar-refractivity contribution in [3.8, 4) is 0 Å². The average Bonchev–Trinajstić information content (AvgIpc) is 3.48. The number of aliphatic hydroxyl groups is 1. The number of ether oxygens (including phenoxy) is 1. The first-order valence-corrected chi connectivity index (χ1v) is 15.3. The minimum atomic E-state index is -4.08. The number of benzene rings is 2. The molecule has 41 heavy (non-hydrogen) atoms. The third kappa shape index (κ3) is 5.59. The molecular formula is C28H30ClF3N2O6S. The highest BCUT2D eigenvalue weighted by Gasteiger charge is 2.58. The van der Waals surface area contributed by atoms with E-state index in [-0.39, 0.29) is 64.2 Å². The minimum absolute atomic E-state index is 0.0148. The van der Waals surface area contributed by atoms with E-state index in [1.165, 1.54) is 12.1 Å². The molecule has 2 unspecified atom stereocenters. The van der Waals surface area contributed by atoms with E-state index in [0.717, 1.165) is 6.07 Å². The van der Waals surface area contributed by atoms with Crippen molar-refractivity contribution in [2.24, 2.45) is 23.7 Å². The number of hydrogen-bond donors (Lipinski definition) is 3. The molecule has 6 atom stereocenters. The molecule has 2 aliphatic carbocycles. The molecule has 2 bridgehead atoms. The van der Waals surface area contributed by atoms with Gasteiger partial charge in [0.15, 0.2) is 27.3 Å². The number of rotatable bonds is 7. The zero-order chi connectivity index (χ0) is 29.7. The van der Waals surface area contributed by atoms with Crippen LogP contribution in [0.15, 0.2) is 35.2 Å². The smallest absolute Gasteiger partial charge is 0.255 e. The summed E-state index contributed by atoms with van der Waals surface area (Å²) in [5.41, 5.74) is -1.75. The molecule has 0 aromatic heterocycles. The van der Waals surface area contributed by atoms with Crippen LogP contribution in [0.2, 0.25) is 5.02 Å². The van der Waals surface area contributed by atoms with Crippen LogP contribution in [0.1, 0.15) is 43.0 Å². The summed E-state index contributed by atoms with van der Waals surface area (Å²) in [6, 6.07) is 4.81. The first kappa shape index (κ1) is 29.8. The van der Waals surface area contributed by atoms with Crippen molar-refractivity contribution in [2.45, 2.75) is 48.4 Å². The summed E-state index contributed by atoms with van der Waals surface area (Å²) in [6.45, 7) is 2.83. The van der Waals surface area contributed by atoms with Crippen molar-refractivity contribution < 1.29 is 41.0 Å². The second-order valence-electron chi connectivity index (χ2n) is 11.3. The molecule has 222 valence electrons. The maximum absolute atomic E-state index is 13.8. The summed E-state index contributed by atoms with van der Waals surface area (Å²) < 4.78 is 73.3. The molecule has 2 saturated carbocycles. The van der Waals surface area contributed by atoms with E-state index in [9.17, 15) is 36.3 Å². The molecule has 2 aromatic carbocycles. The normalized spacial score (nSPS) is 29.4. The van der Waals surface area contributed by atoms with Crippen molar-refractivity contribution in [2.75, 3.05) is 25.1 Å². The Balaban J connectivity index is 1.33. The lowest BCUT2D eigenvalue weighted by molar-refractivity contribution is -0.128. The van der Waals surface area contributed by atoms with Crippen LogP contribution in [0.25, 0.3) is 0 Å². The molecule has 13 heteroatoms. The maximum atomic E-state index is 13.8. The lowest BCUT2D eigenvalue weighted by Crippen LogP contribution is -2.55. The third-order valence-corrected chi connectivity index (χ3v) is 11.4. The first-order valence-electron chi connectivity index (χ1n) is 13.4. The number of anilines is 1. The summed E-state index contributed by atoms with van der Waals surface area (Å²) in [6.07, 6.45) is 1.49. The molecular weight excluding hydrogens is 585 g/mol. The Hall–Kier alpha value is -2.67. The van der Waals surface area contributed by atoms with E-state index < -0.39 is 50.0 Å². The van der Waals surface area contributed by atoms with Crippen LogP contribution in [0.3, 0.4) is 0 Å². The van der Waals surface area contributed by atoms with Gasteiger partial charge < -0.3 is 20.5 Å². The molecule has 3 aliphatic rings. The zero-order valence-electron chi connectivity index (χ0n) is 22.1. The van der Waals surface area contributed by atoms with E-state index in [2.05, 4.69) is 10.6 Å². The van der Waals surface area contributed by atoms with Crippen molar-refractivity contribution >= 4 is 38.9 Å². The number of fused-ring (bicyclic) bond motifs is 2. The molecule has 3 N–H and O–H groups in total. The molecule has 2 amide bonds. The number of sulfone groups is 1. The van der Waals surface area contributed by atoms with Crippen molar-refractivity contribution in [3.05, 3.63) is 58.4 Å². The van der Waals surface area contributed by atoms with Gasteiger partial charge in [0.2, 0.25) is 5.91 Å². The fourth-order valence-electron chi connectivity index (χ4n) is 6.56. The van der Waals surface area contributed by atoms with Crippen molar-refractivity contribution in [1.82, 2.24) is 5.32 Å². The summed E-state index contributed by atoms with van der Waals surface area (Å²) in [7, 11) is -4.08. The summed E-state index contributed by atoms with van der Waals surface area (Å²) in [5.74, 6) is -6.76. The van der Waals surface area contributed by atoms with E-state index in [0.29, 0.717) is 38.2 Å². The second kappa shape index (κ2) is 11.2. The molecule has 3 fully saturated rings. The summed E-state index contributed by atoms with van der Waals surface area (Å²) in [4.78, 5) is 25.1. The van der Waals surface area contributed by atoms with E-state index >= 15 is 0 Å². The first-order chi connectivity index (χ1) is 19.3. The number of amides is 2. The minimum Gasteiger partial charge on any atom is -0.387 e. The van der Waals surface area contributed by atoms with Crippen molar-refractivity contribution in [3.63, 3.8) is 0 Å². The summed E-state index contributed by atoms with van der Waals surface area (Å²) in [5, 5.41) is 15.7. The molecule has 1 heterocycles. The molecule has 5 rings (SSSR count). The molecule has 0 radical (unpaired) electrons. The Bertz CT molecular complexity index is 1460. The molecule has 1 saturated heterocycles. The van der Waals surface area contributed by atoms with Gasteiger partial charge in [0.05, 0.1) is 33.3 Å². The average molecular weight is 615 g/mol. The highest BCUT2D eigenvalue weighted by molar-refractivity contribution is 7.92. The van der Waals surface area contributed by atoms with Gasteiger partial charge in [-0.15, -0.1) is 0 Å². The zero-order valence-corrected chi connectivity index (χ0v) is 23.7. The number of hydrogen-bond acceptors (Lipinski definition) is 6. The largest absolute Gasteiger partial charge is 0.387 e. The number of carbonyl (C=O) groups excluding carboxylic acids is 2. The highest BCUT2D eigenvalue weighted by atomic mass is 35.5. The van der Waals surface area contributed by atoms with Crippen molar-refractivity contribution in [1.29, 1.82) is 0 Å². The topological polar surface area (TPSA) is 122 Å². The van der Waals surface area contributed by atoms with Gasteiger partial charge in [-0.2, -0.15) is 0 Å². The van der Waals surface area contributed by atoms with Crippen LogP contribution < -0.4 is 10.6 Å². The Morgan fingerprint density at radius 1 is 1.12 bits per heavy atom. The van der Waals surface area contributed by atoms with Gasteiger partial charge in [-0.3, -0.25) is 9.59 Å². The number of nitrogens with one attached hydrogen (secondary N) is 2. The molecule has 1 aliphatic heterocycles. The lowest BCUT2D eigenvalue weighted by atomic mass is 9.73. The van der Waals surface area contributed by atoms with Crippen LogP contribution in [0, 0.1) is 41.1 Å². The van der Waals surface area contributed by atoms with Gasteiger partial charge in [0.25, 0.3) is 5.91 Å². The van der Waals surface area contributed by atoms with E-state index in [4.69, 9.17) is 16.3 Å². The Labute approximate surface area is 240 Å². The fraction of sp³-hybridized carbons (Fsp3) is 0.500. The fourth-order valence-corrected chi connectivity index (χ4v) is 8.94. The predicted octanol–water partition coefficient (Wildman–Crippen LogP) is 4.10. The van der Waals surface area contributed by atoms with Gasteiger partial charge in [-0.1, -0.05) is 18.5 Å². The maximum Gasteiger partial charge on any atom is 0.255 e. The standard InChI is InChI=1S/C28H30ClF3N2O6S/c1-14-6-17-8-19(11-20(14)28(17,37)13-33-26(35)16-4-5-40-12-16)41(38,39)24-7-15(2-3-21(24)29)27(36)34-18-9-22(30)25(32)23(31)10-18/h2-3,7,9-10,14,16-17,19-20,37H,4-6,8,11-13H2,1H3,(H,33,35)(H,34,36)/t14-,16?,17?,19+,20+,28+/m0/s1. The predicted molar refractivity (Wildman–Crippen MR) is 144 cm³/mol. The molecule has 0 spiro atoms. The van der Waals surface area contributed by atoms with Crippen LogP contribution in [0.4, 0.5) is 18.9 Å². The molecule has 8 nitrogen and oxygen atoms in total.